The molecule has 0 aromatic carbocycles. The number of allylic oxidation sites excluding steroid dienone is 1. The Kier molecular flexibility index (Phi) is 7.76. The van der Waals surface area contributed by atoms with Crippen LogP contribution < -0.4 is 5.32 Å². The topological polar surface area (TPSA) is 58.6 Å². The number of carbonyl (C=O) groups excluding carboxylic acids is 1. The maximum Gasteiger partial charge on any atom is 0.408 e. The van der Waals surface area contributed by atoms with Crippen LogP contribution in [0.2, 0.25) is 0 Å². The van der Waals surface area contributed by atoms with Gasteiger partial charge in [0.25, 0.3) is 0 Å². The average Bonchev–Trinajstić information content (AvgIpc) is 2.24. The van der Waals surface area contributed by atoms with Gasteiger partial charge < -0.3 is 15.2 Å². The fraction of sp³-hybridized carbons (Fsp3) is 0.800. The van der Waals surface area contributed by atoms with E-state index in [2.05, 4.69) is 12.2 Å². The number of aliphatic hydroxyl groups is 1. The Morgan fingerprint density at radius 3 is 2.37 bits per heavy atom. The van der Waals surface area contributed by atoms with Crippen molar-refractivity contribution in [3.8, 4) is 0 Å². The molecule has 2 N–H and O–H groups in total. The molecule has 0 aromatic rings. The van der Waals surface area contributed by atoms with E-state index >= 15 is 0 Å². The zero-order chi connectivity index (χ0) is 14.9. The van der Waals surface area contributed by atoms with Gasteiger partial charge in [0.05, 0.1) is 5.54 Å². The van der Waals surface area contributed by atoms with Gasteiger partial charge in [-0.3, -0.25) is 0 Å². The van der Waals surface area contributed by atoms with Crippen molar-refractivity contribution in [2.24, 2.45) is 0 Å². The van der Waals surface area contributed by atoms with Crippen molar-refractivity contribution in [1.82, 2.24) is 5.32 Å². The molecule has 0 aromatic heterocycles. The summed E-state index contributed by atoms with van der Waals surface area (Å²) >= 11 is 0. The fourth-order valence-corrected chi connectivity index (χ4v) is 1.71. The molecule has 0 aliphatic heterocycles. The van der Waals surface area contributed by atoms with E-state index in [-0.39, 0.29) is 6.61 Å². The number of hydrogen-bond acceptors (Lipinski definition) is 3. The van der Waals surface area contributed by atoms with Gasteiger partial charge in [0, 0.05) is 6.61 Å². The van der Waals surface area contributed by atoms with Gasteiger partial charge in [0.2, 0.25) is 0 Å². The van der Waals surface area contributed by atoms with Gasteiger partial charge in [-0.15, -0.1) is 0 Å². The lowest BCUT2D eigenvalue weighted by molar-refractivity contribution is 0.0479. The molecule has 1 unspecified atom stereocenters. The SMILES string of the molecule is CC/C=C\C(C)(CCCCO)NC(=O)OC(C)(C)C. The highest BCUT2D eigenvalue weighted by Crippen LogP contribution is 2.17. The smallest absolute Gasteiger partial charge is 0.408 e. The molecule has 4 heteroatoms. The lowest BCUT2D eigenvalue weighted by atomic mass is 9.94. The van der Waals surface area contributed by atoms with Crippen molar-refractivity contribution in [1.29, 1.82) is 0 Å². The highest BCUT2D eigenvalue weighted by atomic mass is 16.6. The van der Waals surface area contributed by atoms with Gasteiger partial charge in [-0.05, 0) is 53.4 Å². The zero-order valence-corrected chi connectivity index (χ0v) is 13.0. The first-order chi connectivity index (χ1) is 8.72. The summed E-state index contributed by atoms with van der Waals surface area (Å²) < 4.78 is 5.29. The zero-order valence-electron chi connectivity index (χ0n) is 13.0. The summed E-state index contributed by atoms with van der Waals surface area (Å²) in [6.07, 6.45) is 6.95. The van der Waals surface area contributed by atoms with Gasteiger partial charge in [-0.1, -0.05) is 19.1 Å². The first-order valence-corrected chi connectivity index (χ1v) is 7.02. The van der Waals surface area contributed by atoms with Crippen LogP contribution in [0.15, 0.2) is 12.2 Å². The number of alkyl carbamates (subject to hydrolysis) is 1. The molecule has 0 saturated carbocycles. The summed E-state index contributed by atoms with van der Waals surface area (Å²) in [5, 5.41) is 11.8. The van der Waals surface area contributed by atoms with Crippen LogP contribution in [0.3, 0.4) is 0 Å². The summed E-state index contributed by atoms with van der Waals surface area (Å²) in [6, 6.07) is 0. The first kappa shape index (κ1) is 18.0. The summed E-state index contributed by atoms with van der Waals surface area (Å²) in [5.41, 5.74) is -0.919. The lowest BCUT2D eigenvalue weighted by Crippen LogP contribution is -2.46. The van der Waals surface area contributed by atoms with Crippen molar-refractivity contribution >= 4 is 6.09 Å². The molecule has 0 aliphatic rings. The van der Waals surface area contributed by atoms with Gasteiger partial charge in [0.15, 0.2) is 0 Å². The van der Waals surface area contributed by atoms with E-state index in [0.717, 1.165) is 25.7 Å². The summed E-state index contributed by atoms with van der Waals surface area (Å²) in [6.45, 7) is 9.74. The standard InChI is InChI=1S/C15H29NO3/c1-6-7-10-15(5,11-8-9-12-17)16-13(18)19-14(2,3)4/h7,10,17H,6,8-9,11-12H2,1-5H3,(H,16,18)/b10-7-. The van der Waals surface area contributed by atoms with E-state index < -0.39 is 17.2 Å². The molecule has 1 amide bonds. The number of rotatable bonds is 7. The molecule has 0 heterocycles. The van der Waals surface area contributed by atoms with Gasteiger partial charge in [-0.2, -0.15) is 0 Å². The number of unbranched alkanes of at least 4 members (excludes halogenated alkanes) is 1. The quantitative estimate of drug-likeness (QED) is 0.551. The van der Waals surface area contributed by atoms with E-state index in [0.29, 0.717) is 0 Å². The highest BCUT2D eigenvalue weighted by molar-refractivity contribution is 5.69. The predicted molar refractivity (Wildman–Crippen MR) is 78.1 cm³/mol. The van der Waals surface area contributed by atoms with Crippen molar-refractivity contribution in [3.05, 3.63) is 12.2 Å². The minimum Gasteiger partial charge on any atom is -0.444 e. The Bertz CT molecular complexity index is 294. The average molecular weight is 271 g/mol. The largest absolute Gasteiger partial charge is 0.444 e. The molecule has 0 radical (unpaired) electrons. The normalized spacial score (nSPS) is 15.3. The fourth-order valence-electron chi connectivity index (χ4n) is 1.71. The van der Waals surface area contributed by atoms with Crippen LogP contribution in [0.4, 0.5) is 4.79 Å². The molecule has 0 saturated heterocycles. The Labute approximate surface area is 117 Å². The van der Waals surface area contributed by atoms with Crippen LogP contribution in [-0.2, 0) is 4.74 Å². The summed E-state index contributed by atoms with van der Waals surface area (Å²) in [7, 11) is 0. The lowest BCUT2D eigenvalue weighted by Gasteiger charge is -2.29. The second-order valence-corrected chi connectivity index (χ2v) is 6.04. The van der Waals surface area contributed by atoms with Crippen molar-refractivity contribution in [2.45, 2.75) is 71.4 Å². The van der Waals surface area contributed by atoms with Gasteiger partial charge in [0.1, 0.15) is 5.60 Å². The molecule has 4 nitrogen and oxygen atoms in total. The minimum absolute atomic E-state index is 0.181. The van der Waals surface area contributed by atoms with Crippen molar-refractivity contribution in [2.75, 3.05) is 6.61 Å². The minimum atomic E-state index is -0.495. The maximum absolute atomic E-state index is 11.9. The number of hydrogen-bond donors (Lipinski definition) is 2. The Morgan fingerprint density at radius 2 is 1.89 bits per heavy atom. The van der Waals surface area contributed by atoms with E-state index in [1.54, 1.807) is 0 Å². The molecule has 0 aliphatic carbocycles. The molecule has 112 valence electrons. The van der Waals surface area contributed by atoms with Crippen molar-refractivity contribution < 1.29 is 14.6 Å². The number of amides is 1. The van der Waals surface area contributed by atoms with Gasteiger partial charge in [-0.25, -0.2) is 4.79 Å². The number of nitrogens with one attached hydrogen (secondary N) is 1. The number of aliphatic hydroxyl groups excluding tert-OH is 1. The maximum atomic E-state index is 11.9. The van der Waals surface area contributed by atoms with E-state index in [1.165, 1.54) is 0 Å². The number of carbonyl (C=O) groups is 1. The molecule has 0 spiro atoms. The second-order valence-electron chi connectivity index (χ2n) is 6.04. The van der Waals surface area contributed by atoms with Crippen LogP contribution in [0, 0.1) is 0 Å². The van der Waals surface area contributed by atoms with Crippen LogP contribution in [0.1, 0.15) is 60.3 Å². The van der Waals surface area contributed by atoms with E-state index in [1.807, 2.05) is 39.8 Å². The van der Waals surface area contributed by atoms with Crippen molar-refractivity contribution in [3.63, 3.8) is 0 Å². The first-order valence-electron chi connectivity index (χ1n) is 7.02. The summed E-state index contributed by atoms with van der Waals surface area (Å²) in [5.74, 6) is 0. The monoisotopic (exact) mass is 271 g/mol. The Morgan fingerprint density at radius 1 is 1.26 bits per heavy atom. The van der Waals surface area contributed by atoms with E-state index in [4.69, 9.17) is 9.84 Å². The molecule has 19 heavy (non-hydrogen) atoms. The molecular weight excluding hydrogens is 242 g/mol. The third-order valence-corrected chi connectivity index (χ3v) is 2.61. The Hall–Kier alpha value is -1.03. The second kappa shape index (κ2) is 8.20. The predicted octanol–water partition coefficient (Wildman–Crippen LogP) is 3.40. The molecule has 0 rings (SSSR count). The third kappa shape index (κ3) is 9.54. The number of ether oxygens (including phenoxy) is 1. The molecule has 1 atom stereocenters. The molecule has 0 fully saturated rings. The van der Waals surface area contributed by atoms with Gasteiger partial charge >= 0.3 is 6.09 Å². The van der Waals surface area contributed by atoms with Crippen LogP contribution in [0.5, 0.6) is 0 Å². The van der Waals surface area contributed by atoms with Crippen LogP contribution >= 0.6 is 0 Å². The van der Waals surface area contributed by atoms with E-state index in [9.17, 15) is 4.79 Å². The highest BCUT2D eigenvalue weighted by Gasteiger charge is 2.25. The van der Waals surface area contributed by atoms with Crippen LogP contribution in [0.25, 0.3) is 0 Å². The summed E-state index contributed by atoms with van der Waals surface area (Å²) in [4.78, 5) is 11.9. The Balaban J connectivity index is 4.56. The molecular formula is C15H29NO3. The van der Waals surface area contributed by atoms with Crippen LogP contribution in [-0.4, -0.2) is 28.9 Å². The molecule has 0 bridgehead atoms. The third-order valence-electron chi connectivity index (χ3n) is 2.61.